The normalized spacial score (nSPS) is 16.9. The van der Waals surface area contributed by atoms with Gasteiger partial charge in [-0.05, 0) is 62.9 Å². The second-order valence-electron chi connectivity index (χ2n) is 7.84. The van der Waals surface area contributed by atoms with Gasteiger partial charge in [-0.2, -0.15) is 0 Å². The fourth-order valence-electron chi connectivity index (χ4n) is 3.97. The molecule has 0 aromatic heterocycles. The Labute approximate surface area is 172 Å². The highest BCUT2D eigenvalue weighted by atomic mass is 19.1. The van der Waals surface area contributed by atoms with Gasteiger partial charge in [0.25, 0.3) is 5.91 Å². The van der Waals surface area contributed by atoms with Gasteiger partial charge < -0.3 is 19.7 Å². The Morgan fingerprint density at radius 1 is 1.28 bits per heavy atom. The summed E-state index contributed by atoms with van der Waals surface area (Å²) in [6.07, 6.45) is 2.78. The van der Waals surface area contributed by atoms with Crippen LogP contribution in [0.2, 0.25) is 0 Å². The van der Waals surface area contributed by atoms with Crippen molar-refractivity contribution in [3.8, 4) is 5.75 Å². The lowest BCUT2D eigenvalue weighted by atomic mass is 10.0. The molecule has 1 saturated heterocycles. The number of benzene rings is 2. The molecule has 1 fully saturated rings. The van der Waals surface area contributed by atoms with Crippen molar-refractivity contribution in [3.05, 3.63) is 41.7 Å². The fraction of sp³-hybridized carbons (Fsp3) is 0.522. The molecule has 6 heteroatoms. The molecule has 1 aliphatic rings. The van der Waals surface area contributed by atoms with E-state index in [9.17, 15) is 9.18 Å². The van der Waals surface area contributed by atoms with E-state index in [4.69, 9.17) is 9.47 Å². The third-order valence-corrected chi connectivity index (χ3v) is 5.33. The summed E-state index contributed by atoms with van der Waals surface area (Å²) < 4.78 is 24.8. The highest BCUT2D eigenvalue weighted by Gasteiger charge is 2.29. The van der Waals surface area contributed by atoms with Crippen LogP contribution in [0.4, 0.5) is 4.39 Å². The Balaban J connectivity index is 1.94. The molecule has 29 heavy (non-hydrogen) atoms. The fourth-order valence-corrected chi connectivity index (χ4v) is 3.97. The molecule has 1 N–H and O–H groups in total. The second-order valence-corrected chi connectivity index (χ2v) is 7.84. The van der Waals surface area contributed by atoms with Crippen LogP contribution in [0, 0.1) is 5.82 Å². The monoisotopic (exact) mass is 402 g/mol. The van der Waals surface area contributed by atoms with Crippen LogP contribution in [-0.2, 0) is 4.74 Å². The molecule has 158 valence electrons. The molecule has 0 radical (unpaired) electrons. The van der Waals surface area contributed by atoms with Crippen molar-refractivity contribution in [3.63, 3.8) is 0 Å². The topological polar surface area (TPSA) is 50.8 Å². The molecule has 2 aromatic rings. The van der Waals surface area contributed by atoms with Gasteiger partial charge >= 0.3 is 0 Å². The minimum absolute atomic E-state index is 0.0123. The minimum atomic E-state index is -0.324. The maximum Gasteiger partial charge on any atom is 0.254 e. The highest BCUT2D eigenvalue weighted by Crippen LogP contribution is 2.30. The van der Waals surface area contributed by atoms with E-state index in [1.54, 1.807) is 19.2 Å². The number of amides is 1. The Kier molecular flexibility index (Phi) is 7.45. The van der Waals surface area contributed by atoms with E-state index in [0.717, 1.165) is 37.7 Å². The van der Waals surface area contributed by atoms with E-state index < -0.39 is 0 Å². The first-order valence-corrected chi connectivity index (χ1v) is 10.4. The van der Waals surface area contributed by atoms with Crippen molar-refractivity contribution in [1.82, 2.24) is 10.2 Å². The molecule has 0 aliphatic carbocycles. The number of fused-ring (bicyclic) bond motifs is 1. The predicted octanol–water partition coefficient (Wildman–Crippen LogP) is 4.00. The molecular weight excluding hydrogens is 371 g/mol. The van der Waals surface area contributed by atoms with E-state index in [2.05, 4.69) is 5.32 Å². The lowest BCUT2D eigenvalue weighted by Gasteiger charge is -2.37. The Morgan fingerprint density at radius 3 is 2.79 bits per heavy atom. The largest absolute Gasteiger partial charge is 0.493 e. The van der Waals surface area contributed by atoms with Gasteiger partial charge in [0.2, 0.25) is 0 Å². The Bertz CT molecular complexity index is 834. The number of ether oxygens (including phenoxy) is 2. The van der Waals surface area contributed by atoms with E-state index in [1.807, 2.05) is 24.8 Å². The number of nitrogens with zero attached hydrogens (tertiary/aromatic N) is 1. The van der Waals surface area contributed by atoms with Gasteiger partial charge in [-0.25, -0.2) is 4.39 Å². The standard InChI is InChI=1S/C23H31FN2O3/c1-16(2)26(20-6-4-9-25-15-20)23(27)18-12-17-7-8-19(24)14-21(17)22(13-18)29-11-5-10-28-3/h7-8,12-14,16,20,25H,4-6,9-11,15H2,1-3H3/t20-/m1/s1. The van der Waals surface area contributed by atoms with Crippen LogP contribution in [-0.4, -0.2) is 56.3 Å². The summed E-state index contributed by atoms with van der Waals surface area (Å²) in [5, 5.41) is 4.86. The first-order chi connectivity index (χ1) is 14.0. The van der Waals surface area contributed by atoms with Crippen molar-refractivity contribution in [2.45, 2.75) is 45.2 Å². The number of methoxy groups -OCH3 is 1. The third kappa shape index (κ3) is 5.25. The number of piperidine rings is 1. The average Bonchev–Trinajstić information content (AvgIpc) is 2.71. The zero-order chi connectivity index (χ0) is 20.8. The molecule has 1 atom stereocenters. The van der Waals surface area contributed by atoms with Gasteiger partial charge in [-0.15, -0.1) is 0 Å². The van der Waals surface area contributed by atoms with Crippen molar-refractivity contribution in [1.29, 1.82) is 0 Å². The zero-order valence-corrected chi connectivity index (χ0v) is 17.5. The summed E-state index contributed by atoms with van der Waals surface area (Å²) in [5.74, 6) is 0.198. The first kappa shape index (κ1) is 21.5. The summed E-state index contributed by atoms with van der Waals surface area (Å²) in [5.41, 5.74) is 0.574. The molecule has 0 bridgehead atoms. The third-order valence-electron chi connectivity index (χ3n) is 5.33. The molecule has 3 rings (SSSR count). The predicted molar refractivity (Wildman–Crippen MR) is 113 cm³/mol. The summed E-state index contributed by atoms with van der Waals surface area (Å²) in [7, 11) is 1.64. The molecule has 1 amide bonds. The van der Waals surface area contributed by atoms with Gasteiger partial charge in [0, 0.05) is 49.7 Å². The van der Waals surface area contributed by atoms with Crippen molar-refractivity contribution < 1.29 is 18.7 Å². The second kappa shape index (κ2) is 10.0. The number of rotatable bonds is 8. The highest BCUT2D eigenvalue weighted by molar-refractivity contribution is 6.01. The van der Waals surface area contributed by atoms with Crippen molar-refractivity contribution in [2.24, 2.45) is 0 Å². The van der Waals surface area contributed by atoms with Gasteiger partial charge in [0.15, 0.2) is 0 Å². The number of halogens is 1. The molecule has 1 heterocycles. The quantitative estimate of drug-likeness (QED) is 0.678. The van der Waals surface area contributed by atoms with Crippen molar-refractivity contribution in [2.75, 3.05) is 33.4 Å². The lowest BCUT2D eigenvalue weighted by molar-refractivity contribution is 0.0573. The van der Waals surface area contributed by atoms with Crippen LogP contribution < -0.4 is 10.1 Å². The van der Waals surface area contributed by atoms with Gasteiger partial charge in [0.1, 0.15) is 11.6 Å². The number of carbonyl (C=O) groups is 1. The summed E-state index contributed by atoms with van der Waals surface area (Å²) in [6.45, 7) is 6.93. The van der Waals surface area contributed by atoms with Gasteiger partial charge in [-0.1, -0.05) is 6.07 Å². The molecule has 0 spiro atoms. The van der Waals surface area contributed by atoms with E-state index in [0.29, 0.717) is 29.9 Å². The number of nitrogens with one attached hydrogen (secondary N) is 1. The van der Waals surface area contributed by atoms with Crippen LogP contribution in [0.25, 0.3) is 10.8 Å². The van der Waals surface area contributed by atoms with Crippen LogP contribution in [0.5, 0.6) is 5.75 Å². The van der Waals surface area contributed by atoms with Crippen LogP contribution in [0.15, 0.2) is 30.3 Å². The smallest absolute Gasteiger partial charge is 0.254 e. The summed E-state index contributed by atoms with van der Waals surface area (Å²) in [4.78, 5) is 15.4. The van der Waals surface area contributed by atoms with Crippen molar-refractivity contribution >= 4 is 16.7 Å². The van der Waals surface area contributed by atoms with Crippen LogP contribution in [0.3, 0.4) is 0 Å². The Morgan fingerprint density at radius 2 is 2.10 bits per heavy atom. The molecule has 0 unspecified atom stereocenters. The lowest BCUT2D eigenvalue weighted by Crippen LogP contribution is -2.51. The van der Waals surface area contributed by atoms with Crippen LogP contribution in [0.1, 0.15) is 43.5 Å². The van der Waals surface area contributed by atoms with E-state index in [1.165, 1.54) is 12.1 Å². The molecule has 1 aliphatic heterocycles. The maximum atomic E-state index is 13.8. The number of carbonyl (C=O) groups excluding carboxylic acids is 1. The summed E-state index contributed by atoms with van der Waals surface area (Å²) in [6, 6.07) is 8.42. The summed E-state index contributed by atoms with van der Waals surface area (Å²) >= 11 is 0. The van der Waals surface area contributed by atoms with E-state index >= 15 is 0 Å². The van der Waals surface area contributed by atoms with E-state index in [-0.39, 0.29) is 23.8 Å². The number of hydrogen-bond donors (Lipinski definition) is 1. The molecule has 0 saturated carbocycles. The maximum absolute atomic E-state index is 13.8. The number of hydrogen-bond acceptors (Lipinski definition) is 4. The molecular formula is C23H31FN2O3. The minimum Gasteiger partial charge on any atom is -0.493 e. The molecule has 2 aromatic carbocycles. The Hall–Kier alpha value is -2.18. The van der Waals surface area contributed by atoms with Gasteiger partial charge in [0.05, 0.1) is 6.61 Å². The zero-order valence-electron chi connectivity index (χ0n) is 17.5. The first-order valence-electron chi connectivity index (χ1n) is 10.4. The van der Waals surface area contributed by atoms with Gasteiger partial charge in [-0.3, -0.25) is 4.79 Å². The average molecular weight is 403 g/mol. The molecule has 5 nitrogen and oxygen atoms in total. The SMILES string of the molecule is COCCCOc1cc(C(=O)N(C(C)C)[C@@H]2CCCNC2)cc2ccc(F)cc12. The van der Waals surface area contributed by atoms with Crippen LogP contribution >= 0.6 is 0 Å².